The summed E-state index contributed by atoms with van der Waals surface area (Å²) in [4.78, 5) is 30.0. The van der Waals surface area contributed by atoms with Crippen molar-refractivity contribution in [3.8, 4) is 11.4 Å². The fourth-order valence-electron chi connectivity index (χ4n) is 3.59. The number of ether oxygens (including phenoxy) is 1. The van der Waals surface area contributed by atoms with Crippen molar-refractivity contribution in [1.82, 2.24) is 14.9 Å². The van der Waals surface area contributed by atoms with Crippen molar-refractivity contribution in [2.45, 2.75) is 19.9 Å². The zero-order valence-electron chi connectivity index (χ0n) is 18.8. The molecule has 2 amide bonds. The van der Waals surface area contributed by atoms with Crippen molar-refractivity contribution < 1.29 is 14.3 Å². The van der Waals surface area contributed by atoms with Crippen LogP contribution in [-0.4, -0.2) is 34.5 Å². The third-order valence-electron chi connectivity index (χ3n) is 5.45. The number of anilines is 1. The normalized spacial score (nSPS) is 11.9. The van der Waals surface area contributed by atoms with Crippen LogP contribution in [0.5, 0.6) is 5.75 Å². The van der Waals surface area contributed by atoms with Gasteiger partial charge in [-0.05, 0) is 66.6 Å². The van der Waals surface area contributed by atoms with E-state index in [1.165, 1.54) is 0 Å². The monoisotopic (exact) mass is 442 g/mol. The maximum Gasteiger partial charge on any atom is 0.251 e. The molecule has 7 heteroatoms. The van der Waals surface area contributed by atoms with E-state index in [2.05, 4.69) is 15.6 Å². The Labute approximate surface area is 192 Å². The number of para-hydroxylation sites is 2. The average molecular weight is 443 g/mol. The molecular formula is C26H26N4O3. The molecule has 0 fully saturated rings. The number of carbonyl (C=O) groups excluding carboxylic acids is 2. The number of hydrogen-bond donors (Lipinski definition) is 2. The van der Waals surface area contributed by atoms with Crippen molar-refractivity contribution in [3.05, 3.63) is 84.7 Å². The summed E-state index contributed by atoms with van der Waals surface area (Å²) in [6, 6.07) is 21.5. The average Bonchev–Trinajstić information content (AvgIpc) is 3.27. The van der Waals surface area contributed by atoms with Crippen LogP contribution in [0.25, 0.3) is 16.7 Å². The van der Waals surface area contributed by atoms with Crippen LogP contribution < -0.4 is 15.4 Å². The highest BCUT2D eigenvalue weighted by Gasteiger charge is 2.25. The Bertz CT molecular complexity index is 1260. The first-order valence-electron chi connectivity index (χ1n) is 10.7. The Morgan fingerprint density at radius 2 is 1.64 bits per heavy atom. The Morgan fingerprint density at radius 1 is 0.939 bits per heavy atom. The fourth-order valence-corrected chi connectivity index (χ4v) is 3.59. The van der Waals surface area contributed by atoms with Gasteiger partial charge in [0.1, 0.15) is 18.1 Å². The lowest BCUT2D eigenvalue weighted by atomic mass is 10.0. The lowest BCUT2D eigenvalue weighted by Crippen LogP contribution is -2.47. The van der Waals surface area contributed by atoms with E-state index in [0.29, 0.717) is 17.0 Å². The molecule has 1 atom stereocenters. The highest BCUT2D eigenvalue weighted by atomic mass is 16.5. The van der Waals surface area contributed by atoms with Crippen LogP contribution in [0, 0.1) is 5.92 Å². The maximum atomic E-state index is 12.9. The molecule has 0 aliphatic heterocycles. The van der Waals surface area contributed by atoms with Gasteiger partial charge in [-0.1, -0.05) is 26.0 Å². The Balaban J connectivity index is 1.45. The molecular weight excluding hydrogens is 416 g/mol. The second-order valence-electron chi connectivity index (χ2n) is 8.06. The predicted molar refractivity (Wildman–Crippen MR) is 129 cm³/mol. The molecule has 7 nitrogen and oxygen atoms in total. The molecule has 4 aromatic rings. The van der Waals surface area contributed by atoms with E-state index in [1.807, 2.05) is 66.9 Å². The number of methoxy groups -OCH3 is 1. The van der Waals surface area contributed by atoms with E-state index in [1.54, 1.807) is 37.7 Å². The SMILES string of the molecule is COc1ccc(C(=O)NC(C(=O)Nc2ccc(-n3cnc4ccccc43)cc2)C(C)C)cc1. The Morgan fingerprint density at radius 3 is 2.30 bits per heavy atom. The number of rotatable bonds is 7. The molecule has 0 aliphatic rings. The van der Waals surface area contributed by atoms with Crippen molar-refractivity contribution in [2.75, 3.05) is 12.4 Å². The van der Waals surface area contributed by atoms with E-state index in [9.17, 15) is 9.59 Å². The summed E-state index contributed by atoms with van der Waals surface area (Å²) in [7, 11) is 1.57. The van der Waals surface area contributed by atoms with Crippen molar-refractivity contribution >= 4 is 28.5 Å². The second kappa shape index (κ2) is 9.56. The van der Waals surface area contributed by atoms with Crippen LogP contribution in [0.1, 0.15) is 24.2 Å². The number of nitrogens with one attached hydrogen (secondary N) is 2. The third kappa shape index (κ3) is 4.87. The van der Waals surface area contributed by atoms with Crippen LogP contribution in [0.4, 0.5) is 5.69 Å². The largest absolute Gasteiger partial charge is 0.497 e. The van der Waals surface area contributed by atoms with Gasteiger partial charge in [0.15, 0.2) is 0 Å². The zero-order chi connectivity index (χ0) is 23.4. The first-order chi connectivity index (χ1) is 16.0. The summed E-state index contributed by atoms with van der Waals surface area (Å²) in [6.07, 6.45) is 1.78. The third-order valence-corrected chi connectivity index (χ3v) is 5.45. The minimum absolute atomic E-state index is 0.0937. The van der Waals surface area contributed by atoms with Gasteiger partial charge in [0, 0.05) is 16.9 Å². The molecule has 0 radical (unpaired) electrons. The van der Waals surface area contributed by atoms with Gasteiger partial charge in [-0.25, -0.2) is 4.98 Å². The zero-order valence-corrected chi connectivity index (χ0v) is 18.8. The molecule has 168 valence electrons. The molecule has 33 heavy (non-hydrogen) atoms. The van der Waals surface area contributed by atoms with Gasteiger partial charge in [-0.3, -0.25) is 14.2 Å². The lowest BCUT2D eigenvalue weighted by Gasteiger charge is -2.22. The first kappa shape index (κ1) is 22.1. The summed E-state index contributed by atoms with van der Waals surface area (Å²) >= 11 is 0. The number of hydrogen-bond acceptors (Lipinski definition) is 4. The highest BCUT2D eigenvalue weighted by molar-refractivity contribution is 6.01. The van der Waals surface area contributed by atoms with Gasteiger partial charge < -0.3 is 15.4 Å². The molecule has 1 unspecified atom stereocenters. The Hall–Kier alpha value is -4.13. The number of amides is 2. The topological polar surface area (TPSA) is 85.2 Å². The van der Waals surface area contributed by atoms with Gasteiger partial charge in [-0.2, -0.15) is 0 Å². The molecule has 0 bridgehead atoms. The van der Waals surface area contributed by atoms with E-state index in [4.69, 9.17) is 4.74 Å². The van der Waals surface area contributed by atoms with Crippen LogP contribution in [0.3, 0.4) is 0 Å². The van der Waals surface area contributed by atoms with Crippen molar-refractivity contribution in [1.29, 1.82) is 0 Å². The van der Waals surface area contributed by atoms with E-state index < -0.39 is 6.04 Å². The van der Waals surface area contributed by atoms with Crippen LogP contribution >= 0.6 is 0 Å². The molecule has 0 aliphatic carbocycles. The summed E-state index contributed by atoms with van der Waals surface area (Å²) in [6.45, 7) is 3.79. The van der Waals surface area contributed by atoms with E-state index in [0.717, 1.165) is 16.7 Å². The molecule has 1 heterocycles. The van der Waals surface area contributed by atoms with Crippen LogP contribution in [0.15, 0.2) is 79.1 Å². The molecule has 1 aromatic heterocycles. The molecule has 0 spiro atoms. The molecule has 2 N–H and O–H groups in total. The standard InChI is InChI=1S/C26H26N4O3/c1-17(2)24(29-25(31)18-8-14-21(33-3)15-9-18)26(32)28-19-10-12-20(13-11-19)30-16-27-22-6-4-5-7-23(22)30/h4-17,24H,1-3H3,(H,28,32)(H,29,31). The molecule has 0 saturated carbocycles. The second-order valence-corrected chi connectivity index (χ2v) is 8.06. The number of fused-ring (bicyclic) bond motifs is 1. The van der Waals surface area contributed by atoms with Gasteiger partial charge in [0.05, 0.1) is 18.1 Å². The van der Waals surface area contributed by atoms with Crippen LogP contribution in [0.2, 0.25) is 0 Å². The summed E-state index contributed by atoms with van der Waals surface area (Å²) < 4.78 is 7.12. The molecule has 0 saturated heterocycles. The quantitative estimate of drug-likeness (QED) is 0.444. The van der Waals surface area contributed by atoms with Crippen molar-refractivity contribution in [3.63, 3.8) is 0 Å². The van der Waals surface area contributed by atoms with Gasteiger partial charge in [0.2, 0.25) is 5.91 Å². The summed E-state index contributed by atoms with van der Waals surface area (Å²) in [5.74, 6) is -0.0119. The molecule has 4 rings (SSSR count). The maximum absolute atomic E-state index is 12.9. The van der Waals surface area contributed by atoms with E-state index >= 15 is 0 Å². The van der Waals surface area contributed by atoms with Gasteiger partial charge in [0.25, 0.3) is 5.91 Å². The predicted octanol–water partition coefficient (Wildman–Crippen LogP) is 4.43. The van der Waals surface area contributed by atoms with Crippen molar-refractivity contribution in [2.24, 2.45) is 5.92 Å². The number of aromatic nitrogens is 2. The minimum Gasteiger partial charge on any atom is -0.497 e. The van der Waals surface area contributed by atoms with E-state index in [-0.39, 0.29) is 17.7 Å². The minimum atomic E-state index is -0.683. The van der Waals surface area contributed by atoms with Gasteiger partial charge >= 0.3 is 0 Å². The number of imidazole rings is 1. The number of carbonyl (C=O) groups is 2. The van der Waals surface area contributed by atoms with Gasteiger partial charge in [-0.15, -0.1) is 0 Å². The summed E-state index contributed by atoms with van der Waals surface area (Å²) in [5, 5.41) is 5.75. The van der Waals surface area contributed by atoms with Crippen LogP contribution in [-0.2, 0) is 4.79 Å². The lowest BCUT2D eigenvalue weighted by molar-refractivity contribution is -0.118. The molecule has 3 aromatic carbocycles. The smallest absolute Gasteiger partial charge is 0.251 e. The fraction of sp³-hybridized carbons (Fsp3) is 0.192. The number of nitrogens with zero attached hydrogens (tertiary/aromatic N) is 2. The first-order valence-corrected chi connectivity index (χ1v) is 10.7. The number of benzene rings is 3. The highest BCUT2D eigenvalue weighted by Crippen LogP contribution is 2.20. The summed E-state index contributed by atoms with van der Waals surface area (Å²) in [5.41, 5.74) is 3.98. The Kier molecular flexibility index (Phi) is 6.40.